The third-order valence-corrected chi connectivity index (χ3v) is 4.50. The SMILES string of the molecule is C=C/C=C(\C=C/C)n1nccc1C(=O)Nc1ccc(C)c(Nc2ncccc2C)c1. The van der Waals surface area contributed by atoms with E-state index in [0.29, 0.717) is 11.4 Å². The van der Waals surface area contributed by atoms with E-state index in [1.54, 1.807) is 35.3 Å². The van der Waals surface area contributed by atoms with Crippen LogP contribution in [-0.4, -0.2) is 20.7 Å². The monoisotopic (exact) mass is 399 g/mol. The zero-order valence-corrected chi connectivity index (χ0v) is 17.4. The zero-order chi connectivity index (χ0) is 21.5. The van der Waals surface area contributed by atoms with Gasteiger partial charge in [0.2, 0.25) is 0 Å². The third kappa shape index (κ3) is 4.72. The summed E-state index contributed by atoms with van der Waals surface area (Å²) in [6, 6.07) is 11.3. The maximum atomic E-state index is 12.9. The number of aryl methyl sites for hydroxylation is 2. The Labute approximate surface area is 176 Å². The molecule has 2 aromatic heterocycles. The van der Waals surface area contributed by atoms with Gasteiger partial charge in [-0.1, -0.05) is 30.9 Å². The molecule has 2 N–H and O–H groups in total. The van der Waals surface area contributed by atoms with Crippen molar-refractivity contribution in [3.8, 4) is 0 Å². The molecule has 0 aliphatic carbocycles. The first-order valence-corrected chi connectivity index (χ1v) is 9.64. The molecule has 0 saturated heterocycles. The normalized spacial score (nSPS) is 11.5. The van der Waals surface area contributed by atoms with Crippen LogP contribution in [0.15, 0.2) is 79.7 Å². The van der Waals surface area contributed by atoms with Crippen LogP contribution in [0.1, 0.15) is 28.5 Å². The van der Waals surface area contributed by atoms with E-state index in [9.17, 15) is 4.79 Å². The van der Waals surface area contributed by atoms with E-state index in [0.717, 1.165) is 28.3 Å². The van der Waals surface area contributed by atoms with Gasteiger partial charge in [0, 0.05) is 17.6 Å². The number of aromatic nitrogens is 3. The summed E-state index contributed by atoms with van der Waals surface area (Å²) in [4.78, 5) is 17.3. The van der Waals surface area contributed by atoms with Crippen molar-refractivity contribution in [1.82, 2.24) is 14.8 Å². The molecule has 6 nitrogen and oxygen atoms in total. The number of allylic oxidation sites excluding steroid dienone is 5. The molecule has 30 heavy (non-hydrogen) atoms. The molecule has 0 spiro atoms. The molecule has 0 aliphatic heterocycles. The predicted octanol–water partition coefficient (Wildman–Crippen LogP) is 5.49. The minimum absolute atomic E-state index is 0.254. The first kappa shape index (κ1) is 20.8. The van der Waals surface area contributed by atoms with Crippen molar-refractivity contribution < 1.29 is 4.79 Å². The summed E-state index contributed by atoms with van der Waals surface area (Å²) >= 11 is 0. The maximum absolute atomic E-state index is 12.9. The van der Waals surface area contributed by atoms with Crippen LogP contribution in [0.5, 0.6) is 0 Å². The summed E-state index contributed by atoms with van der Waals surface area (Å²) in [5.41, 5.74) is 4.82. The maximum Gasteiger partial charge on any atom is 0.274 e. The van der Waals surface area contributed by atoms with Crippen LogP contribution in [-0.2, 0) is 0 Å². The topological polar surface area (TPSA) is 71.8 Å². The Bertz CT molecular complexity index is 1120. The van der Waals surface area contributed by atoms with E-state index in [4.69, 9.17) is 0 Å². The van der Waals surface area contributed by atoms with Gasteiger partial charge >= 0.3 is 0 Å². The van der Waals surface area contributed by atoms with Crippen molar-refractivity contribution in [3.63, 3.8) is 0 Å². The van der Waals surface area contributed by atoms with Gasteiger partial charge in [-0.3, -0.25) is 4.79 Å². The summed E-state index contributed by atoms with van der Waals surface area (Å²) in [5.74, 6) is 0.531. The van der Waals surface area contributed by atoms with E-state index < -0.39 is 0 Å². The number of carbonyl (C=O) groups is 1. The van der Waals surface area contributed by atoms with E-state index in [1.807, 2.05) is 63.3 Å². The van der Waals surface area contributed by atoms with Crippen LogP contribution in [0.2, 0.25) is 0 Å². The lowest BCUT2D eigenvalue weighted by atomic mass is 10.1. The molecule has 0 radical (unpaired) electrons. The van der Waals surface area contributed by atoms with Crippen LogP contribution in [0.3, 0.4) is 0 Å². The van der Waals surface area contributed by atoms with E-state index in [1.165, 1.54) is 0 Å². The average Bonchev–Trinajstić information content (AvgIpc) is 3.22. The summed E-state index contributed by atoms with van der Waals surface area (Å²) in [6.45, 7) is 9.64. The molecule has 0 aliphatic rings. The van der Waals surface area contributed by atoms with Crippen LogP contribution < -0.4 is 10.6 Å². The molecule has 2 heterocycles. The number of benzene rings is 1. The first-order valence-electron chi connectivity index (χ1n) is 9.64. The van der Waals surface area contributed by atoms with Crippen LogP contribution in [0, 0.1) is 13.8 Å². The fourth-order valence-electron chi connectivity index (χ4n) is 2.94. The lowest BCUT2D eigenvalue weighted by molar-refractivity contribution is 0.102. The zero-order valence-electron chi connectivity index (χ0n) is 17.4. The lowest BCUT2D eigenvalue weighted by Crippen LogP contribution is -2.17. The Morgan fingerprint density at radius 1 is 1.13 bits per heavy atom. The Balaban J connectivity index is 1.85. The standard InChI is InChI=1S/C24H25N5O/c1-5-8-20(9-6-2)29-22(13-15-26-29)24(30)27-19-12-11-17(3)21(16-19)28-23-18(4)10-7-14-25-23/h5-16H,1H2,2-4H3,(H,25,28)(H,27,30)/b9-6-,20-8+. The summed E-state index contributed by atoms with van der Waals surface area (Å²) in [7, 11) is 0. The summed E-state index contributed by atoms with van der Waals surface area (Å²) in [6.07, 6.45) is 10.6. The van der Waals surface area contributed by atoms with Crippen molar-refractivity contribution in [2.45, 2.75) is 20.8 Å². The highest BCUT2D eigenvalue weighted by molar-refractivity contribution is 6.04. The lowest BCUT2D eigenvalue weighted by Gasteiger charge is -2.14. The molecule has 0 atom stereocenters. The summed E-state index contributed by atoms with van der Waals surface area (Å²) < 4.78 is 1.58. The smallest absolute Gasteiger partial charge is 0.274 e. The number of nitrogens with zero attached hydrogens (tertiary/aromatic N) is 3. The van der Waals surface area contributed by atoms with Gasteiger partial charge in [-0.15, -0.1) is 0 Å². The molecule has 0 fully saturated rings. The second-order valence-electron chi connectivity index (χ2n) is 6.73. The minimum Gasteiger partial charge on any atom is -0.340 e. The molecule has 0 bridgehead atoms. The van der Waals surface area contributed by atoms with Gasteiger partial charge in [-0.25, -0.2) is 9.67 Å². The molecule has 0 saturated carbocycles. The van der Waals surface area contributed by atoms with E-state index in [2.05, 4.69) is 27.3 Å². The number of hydrogen-bond acceptors (Lipinski definition) is 4. The van der Waals surface area contributed by atoms with Gasteiger partial charge < -0.3 is 10.6 Å². The number of hydrogen-bond donors (Lipinski definition) is 2. The average molecular weight is 399 g/mol. The molecule has 3 rings (SSSR count). The van der Waals surface area contributed by atoms with Crippen molar-refractivity contribution in [3.05, 3.63) is 96.5 Å². The number of amides is 1. The predicted molar refractivity (Wildman–Crippen MR) is 123 cm³/mol. The summed E-state index contributed by atoms with van der Waals surface area (Å²) in [5, 5.41) is 10.6. The molecule has 6 heteroatoms. The van der Waals surface area contributed by atoms with Gasteiger partial charge in [-0.05, 0) is 68.3 Å². The van der Waals surface area contributed by atoms with Gasteiger partial charge in [-0.2, -0.15) is 5.10 Å². The van der Waals surface area contributed by atoms with Crippen molar-refractivity contribution in [1.29, 1.82) is 0 Å². The second kappa shape index (κ2) is 9.52. The van der Waals surface area contributed by atoms with E-state index in [-0.39, 0.29) is 5.91 Å². The molecule has 1 aromatic carbocycles. The van der Waals surface area contributed by atoms with Crippen LogP contribution >= 0.6 is 0 Å². The first-order chi connectivity index (χ1) is 14.5. The van der Waals surface area contributed by atoms with E-state index >= 15 is 0 Å². The fraction of sp³-hybridized carbons (Fsp3) is 0.125. The number of pyridine rings is 1. The van der Waals surface area contributed by atoms with Gasteiger partial charge in [0.1, 0.15) is 11.5 Å². The minimum atomic E-state index is -0.254. The van der Waals surface area contributed by atoms with Crippen molar-refractivity contribution in [2.75, 3.05) is 10.6 Å². The number of nitrogens with one attached hydrogen (secondary N) is 2. The largest absolute Gasteiger partial charge is 0.340 e. The number of rotatable bonds is 7. The number of carbonyl (C=O) groups excluding carboxylic acids is 1. The van der Waals surface area contributed by atoms with Crippen LogP contribution in [0.4, 0.5) is 17.2 Å². The molecule has 152 valence electrons. The third-order valence-electron chi connectivity index (χ3n) is 4.50. The number of anilines is 3. The highest BCUT2D eigenvalue weighted by atomic mass is 16.2. The molecule has 3 aromatic rings. The molecular formula is C24H25N5O. The van der Waals surface area contributed by atoms with Gasteiger partial charge in [0.25, 0.3) is 5.91 Å². The molecule has 1 amide bonds. The van der Waals surface area contributed by atoms with Crippen LogP contribution in [0.25, 0.3) is 5.70 Å². The quantitative estimate of drug-likeness (QED) is 0.515. The molecular weight excluding hydrogens is 374 g/mol. The van der Waals surface area contributed by atoms with Crippen molar-refractivity contribution >= 4 is 28.8 Å². The highest BCUT2D eigenvalue weighted by Gasteiger charge is 2.14. The Hall–Kier alpha value is -3.93. The fourth-order valence-corrected chi connectivity index (χ4v) is 2.94. The molecule has 0 unspecified atom stereocenters. The Kier molecular flexibility index (Phi) is 6.60. The Morgan fingerprint density at radius 3 is 2.70 bits per heavy atom. The second-order valence-corrected chi connectivity index (χ2v) is 6.73. The Morgan fingerprint density at radius 2 is 1.97 bits per heavy atom. The van der Waals surface area contributed by atoms with Gasteiger partial charge in [0.05, 0.1) is 11.9 Å². The van der Waals surface area contributed by atoms with Gasteiger partial charge in [0.15, 0.2) is 0 Å². The van der Waals surface area contributed by atoms with Crippen molar-refractivity contribution in [2.24, 2.45) is 0 Å². The highest BCUT2D eigenvalue weighted by Crippen LogP contribution is 2.25.